The van der Waals surface area contributed by atoms with Gasteiger partial charge in [-0.1, -0.05) is 24.3 Å². The molecule has 3 nitrogen and oxygen atoms in total. The smallest absolute Gasteiger partial charge is 0.416 e. The zero-order valence-corrected chi connectivity index (χ0v) is 12.6. The van der Waals surface area contributed by atoms with E-state index in [0.29, 0.717) is 0 Å². The van der Waals surface area contributed by atoms with E-state index in [4.69, 9.17) is 4.42 Å². The highest BCUT2D eigenvalue weighted by Crippen LogP contribution is 2.32. The highest BCUT2D eigenvalue weighted by molar-refractivity contribution is 6.02. The third-order valence-electron chi connectivity index (χ3n) is 3.43. The van der Waals surface area contributed by atoms with Gasteiger partial charge in [0.25, 0.3) is 5.91 Å². The third-order valence-corrected chi connectivity index (χ3v) is 3.43. The van der Waals surface area contributed by atoms with Gasteiger partial charge in [0.15, 0.2) is 5.76 Å². The molecule has 0 atom stereocenters. The normalized spacial score (nSPS) is 11.4. The Balaban J connectivity index is 1.83. The van der Waals surface area contributed by atoms with Crippen molar-refractivity contribution < 1.29 is 26.8 Å². The molecule has 0 radical (unpaired) electrons. The number of hydrogen-bond donors (Lipinski definition) is 1. The number of alkyl halides is 3. The maximum absolute atomic E-state index is 13.5. The monoisotopic (exact) mass is 349 g/mol. The molecule has 128 valence electrons. The van der Waals surface area contributed by atoms with E-state index in [2.05, 4.69) is 5.32 Å². The van der Waals surface area contributed by atoms with Gasteiger partial charge in [-0.3, -0.25) is 4.79 Å². The van der Waals surface area contributed by atoms with Crippen LogP contribution < -0.4 is 5.32 Å². The Morgan fingerprint density at radius 1 is 0.960 bits per heavy atom. The number of hydrogen-bond acceptors (Lipinski definition) is 2. The lowest BCUT2D eigenvalue weighted by molar-refractivity contribution is -0.137. The van der Waals surface area contributed by atoms with Crippen LogP contribution in [0.15, 0.2) is 65.1 Å². The molecule has 3 rings (SSSR count). The first-order chi connectivity index (χ1) is 11.8. The summed E-state index contributed by atoms with van der Waals surface area (Å²) in [6, 6.07) is 12.8. The van der Waals surface area contributed by atoms with Crippen LogP contribution in [0, 0.1) is 5.82 Å². The lowest BCUT2D eigenvalue weighted by Crippen LogP contribution is -2.11. The Kier molecular flexibility index (Phi) is 4.31. The van der Waals surface area contributed by atoms with Crippen LogP contribution in [-0.2, 0) is 6.18 Å². The molecule has 0 aliphatic carbocycles. The molecular formula is C18H11F4NO2. The summed E-state index contributed by atoms with van der Waals surface area (Å²) in [4.78, 5) is 12.1. The number of carbonyl (C=O) groups excluding carboxylic acids is 1. The van der Waals surface area contributed by atoms with Gasteiger partial charge in [0.1, 0.15) is 11.6 Å². The summed E-state index contributed by atoms with van der Waals surface area (Å²) in [6.07, 6.45) is -4.48. The second-order valence-corrected chi connectivity index (χ2v) is 5.18. The molecule has 1 N–H and O–H groups in total. The van der Waals surface area contributed by atoms with Crippen LogP contribution in [0.2, 0.25) is 0 Å². The van der Waals surface area contributed by atoms with Gasteiger partial charge in [0.2, 0.25) is 0 Å². The Labute approximate surface area is 139 Å². The molecule has 0 saturated heterocycles. The minimum atomic E-state index is -4.48. The molecule has 0 fully saturated rings. The molecule has 1 amide bonds. The van der Waals surface area contributed by atoms with Crippen molar-refractivity contribution >= 4 is 11.6 Å². The van der Waals surface area contributed by atoms with E-state index in [1.165, 1.54) is 42.5 Å². The summed E-state index contributed by atoms with van der Waals surface area (Å²) in [5.41, 5.74) is -0.664. The minimum absolute atomic E-state index is 0.0236. The zero-order valence-electron chi connectivity index (χ0n) is 12.6. The van der Waals surface area contributed by atoms with E-state index in [0.717, 1.165) is 12.1 Å². The number of benzene rings is 2. The van der Waals surface area contributed by atoms with Crippen LogP contribution in [0.3, 0.4) is 0 Å². The Morgan fingerprint density at radius 2 is 1.72 bits per heavy atom. The quantitative estimate of drug-likeness (QED) is 0.647. The standard InChI is InChI=1S/C18H11F4NO2/c19-13-6-1-2-7-14(13)23-17(24)16-9-8-15(25-16)11-4-3-5-12(10-11)18(20,21)22/h1-10H,(H,23,24). The molecule has 0 aliphatic heterocycles. The molecule has 0 aliphatic rings. The van der Waals surface area contributed by atoms with E-state index in [9.17, 15) is 22.4 Å². The fourth-order valence-electron chi connectivity index (χ4n) is 2.21. The molecular weight excluding hydrogens is 338 g/mol. The van der Waals surface area contributed by atoms with Gasteiger partial charge < -0.3 is 9.73 Å². The van der Waals surface area contributed by atoms with Crippen molar-refractivity contribution in [3.63, 3.8) is 0 Å². The number of halogens is 4. The van der Waals surface area contributed by atoms with Gasteiger partial charge in [-0.15, -0.1) is 0 Å². The zero-order chi connectivity index (χ0) is 18.0. The van der Waals surface area contributed by atoms with Crippen LogP contribution in [0.4, 0.5) is 23.2 Å². The molecule has 0 spiro atoms. The molecule has 0 unspecified atom stereocenters. The number of para-hydroxylation sites is 1. The van der Waals surface area contributed by atoms with Crippen LogP contribution >= 0.6 is 0 Å². The summed E-state index contributed by atoms with van der Waals surface area (Å²) >= 11 is 0. The van der Waals surface area contributed by atoms with Gasteiger partial charge in [-0.25, -0.2) is 4.39 Å². The SMILES string of the molecule is O=C(Nc1ccccc1F)c1ccc(-c2cccc(C(F)(F)F)c2)o1. The summed E-state index contributed by atoms with van der Waals surface area (Å²) < 4.78 is 57.2. The predicted molar refractivity (Wildman–Crippen MR) is 83.5 cm³/mol. The van der Waals surface area contributed by atoms with E-state index < -0.39 is 23.5 Å². The highest BCUT2D eigenvalue weighted by atomic mass is 19.4. The Hall–Kier alpha value is -3.09. The van der Waals surface area contributed by atoms with Crippen molar-refractivity contribution in [1.82, 2.24) is 0 Å². The molecule has 3 aromatic rings. The Morgan fingerprint density at radius 3 is 2.44 bits per heavy atom. The maximum Gasteiger partial charge on any atom is 0.416 e. The third kappa shape index (κ3) is 3.71. The number of rotatable bonds is 3. The lowest BCUT2D eigenvalue weighted by atomic mass is 10.1. The average Bonchev–Trinajstić information content (AvgIpc) is 3.06. The summed E-state index contributed by atoms with van der Waals surface area (Å²) in [5.74, 6) is -1.36. The lowest BCUT2D eigenvalue weighted by Gasteiger charge is -2.07. The number of nitrogens with one attached hydrogen (secondary N) is 1. The topological polar surface area (TPSA) is 42.2 Å². The van der Waals surface area contributed by atoms with Gasteiger partial charge >= 0.3 is 6.18 Å². The molecule has 7 heteroatoms. The number of anilines is 1. The molecule has 2 aromatic carbocycles. The summed E-state index contributed by atoms with van der Waals surface area (Å²) in [7, 11) is 0. The van der Waals surface area contributed by atoms with Gasteiger partial charge in [0.05, 0.1) is 11.3 Å². The number of furan rings is 1. The predicted octanol–water partition coefficient (Wildman–Crippen LogP) is 5.36. The fraction of sp³-hybridized carbons (Fsp3) is 0.0556. The molecule has 0 bridgehead atoms. The van der Waals surface area contributed by atoms with Crippen molar-refractivity contribution in [3.8, 4) is 11.3 Å². The van der Waals surface area contributed by atoms with Crippen LogP contribution in [0.1, 0.15) is 16.1 Å². The van der Waals surface area contributed by atoms with Crippen LogP contribution in [0.5, 0.6) is 0 Å². The molecule has 1 aromatic heterocycles. The largest absolute Gasteiger partial charge is 0.451 e. The van der Waals surface area contributed by atoms with Crippen molar-refractivity contribution in [1.29, 1.82) is 0 Å². The number of amides is 1. The first-order valence-corrected chi connectivity index (χ1v) is 7.18. The van der Waals surface area contributed by atoms with E-state index >= 15 is 0 Å². The first-order valence-electron chi connectivity index (χ1n) is 7.18. The van der Waals surface area contributed by atoms with Gasteiger partial charge in [-0.05, 0) is 36.4 Å². The number of carbonyl (C=O) groups is 1. The fourth-order valence-corrected chi connectivity index (χ4v) is 2.21. The van der Waals surface area contributed by atoms with Crippen molar-refractivity contribution in [2.45, 2.75) is 6.18 Å². The van der Waals surface area contributed by atoms with Crippen molar-refractivity contribution in [2.75, 3.05) is 5.32 Å². The van der Waals surface area contributed by atoms with Crippen LogP contribution in [-0.4, -0.2) is 5.91 Å². The second kappa shape index (κ2) is 6.43. The van der Waals surface area contributed by atoms with E-state index in [-0.39, 0.29) is 22.8 Å². The van der Waals surface area contributed by atoms with E-state index in [1.807, 2.05) is 0 Å². The Bertz CT molecular complexity index is 915. The van der Waals surface area contributed by atoms with Gasteiger partial charge in [-0.2, -0.15) is 13.2 Å². The van der Waals surface area contributed by atoms with Crippen molar-refractivity contribution in [3.05, 3.63) is 77.8 Å². The summed E-state index contributed by atoms with van der Waals surface area (Å²) in [6.45, 7) is 0. The maximum atomic E-state index is 13.5. The van der Waals surface area contributed by atoms with Crippen LogP contribution in [0.25, 0.3) is 11.3 Å². The van der Waals surface area contributed by atoms with E-state index in [1.54, 1.807) is 6.07 Å². The average molecular weight is 349 g/mol. The second-order valence-electron chi connectivity index (χ2n) is 5.18. The molecule has 0 saturated carbocycles. The van der Waals surface area contributed by atoms with Crippen molar-refractivity contribution in [2.24, 2.45) is 0 Å². The first kappa shape index (κ1) is 16.8. The summed E-state index contributed by atoms with van der Waals surface area (Å²) in [5, 5.41) is 2.34. The molecule has 25 heavy (non-hydrogen) atoms. The minimum Gasteiger partial charge on any atom is -0.451 e. The highest BCUT2D eigenvalue weighted by Gasteiger charge is 2.30. The van der Waals surface area contributed by atoms with Gasteiger partial charge in [0, 0.05) is 5.56 Å². The molecule has 1 heterocycles.